The van der Waals surface area contributed by atoms with E-state index in [-0.39, 0.29) is 16.1 Å². The number of nitrogens with one attached hydrogen (secondary N) is 1. The van der Waals surface area contributed by atoms with Crippen LogP contribution in [-0.2, 0) is 0 Å². The summed E-state index contributed by atoms with van der Waals surface area (Å²) < 4.78 is 18.8. The highest BCUT2D eigenvalue weighted by Crippen LogP contribution is 2.30. The van der Waals surface area contributed by atoms with Crippen molar-refractivity contribution in [2.45, 2.75) is 0 Å². The van der Waals surface area contributed by atoms with Crippen LogP contribution in [0.15, 0.2) is 34.7 Å². The molecule has 7 heteroatoms. The summed E-state index contributed by atoms with van der Waals surface area (Å²) in [6.45, 7) is 0. The summed E-state index contributed by atoms with van der Waals surface area (Å²) >= 11 is 11.4. The van der Waals surface area contributed by atoms with Crippen LogP contribution in [0.1, 0.15) is 0 Å². The number of para-hydroxylation sites is 1. The van der Waals surface area contributed by atoms with Gasteiger partial charge >= 0.3 is 0 Å². The molecule has 20 heavy (non-hydrogen) atoms. The van der Waals surface area contributed by atoms with Crippen LogP contribution in [-0.4, -0.2) is 4.98 Å². The van der Waals surface area contributed by atoms with Gasteiger partial charge in [-0.25, -0.2) is 4.39 Å². The number of oxazole rings is 1. The fourth-order valence-electron chi connectivity index (χ4n) is 1.77. The molecule has 3 aromatic rings. The van der Waals surface area contributed by atoms with Crippen molar-refractivity contribution in [3.63, 3.8) is 0 Å². The fourth-order valence-corrected chi connectivity index (χ4v) is 2.26. The Balaban J connectivity index is 1.99. The zero-order chi connectivity index (χ0) is 14.3. The third kappa shape index (κ3) is 2.26. The predicted octanol–water partition coefficient (Wildman–Crippen LogP) is 4.60. The summed E-state index contributed by atoms with van der Waals surface area (Å²) in [5.74, 6) is -0.666. The van der Waals surface area contributed by atoms with E-state index >= 15 is 0 Å². The molecule has 1 heterocycles. The molecule has 0 saturated heterocycles. The molecule has 0 amide bonds. The van der Waals surface area contributed by atoms with Gasteiger partial charge in [-0.05, 0) is 24.3 Å². The lowest BCUT2D eigenvalue weighted by Crippen LogP contribution is -1.92. The molecule has 0 aliphatic heterocycles. The van der Waals surface area contributed by atoms with E-state index in [0.717, 1.165) is 0 Å². The largest absolute Gasteiger partial charge is 0.423 e. The monoisotopic (exact) mass is 311 g/mol. The number of nitrogens with zero attached hydrogens (tertiary/aromatic N) is 1. The van der Waals surface area contributed by atoms with E-state index in [2.05, 4.69) is 10.3 Å². The molecular formula is C13H8Cl2FN3O. The second-order valence-corrected chi connectivity index (χ2v) is 4.91. The number of aromatic nitrogens is 1. The van der Waals surface area contributed by atoms with E-state index in [0.29, 0.717) is 22.5 Å². The van der Waals surface area contributed by atoms with Gasteiger partial charge in [0.2, 0.25) is 0 Å². The Morgan fingerprint density at radius 3 is 2.55 bits per heavy atom. The molecule has 0 aliphatic carbocycles. The van der Waals surface area contributed by atoms with Gasteiger partial charge in [0.25, 0.3) is 6.01 Å². The molecule has 0 spiro atoms. The number of hydrogen-bond acceptors (Lipinski definition) is 4. The maximum absolute atomic E-state index is 13.3. The Morgan fingerprint density at radius 1 is 1.20 bits per heavy atom. The van der Waals surface area contributed by atoms with Gasteiger partial charge in [-0.3, -0.25) is 0 Å². The van der Waals surface area contributed by atoms with Gasteiger partial charge in [0.05, 0.1) is 15.7 Å². The van der Waals surface area contributed by atoms with Gasteiger partial charge in [0.1, 0.15) is 5.52 Å². The summed E-state index contributed by atoms with van der Waals surface area (Å²) in [5.41, 5.74) is 7.86. The number of fused-ring (bicyclic) bond motifs is 1. The van der Waals surface area contributed by atoms with E-state index in [1.54, 1.807) is 18.2 Å². The molecule has 0 saturated carbocycles. The first-order valence-electron chi connectivity index (χ1n) is 5.61. The Bertz CT molecular complexity index is 780. The SMILES string of the molecule is Nc1cccc2oc(Nc3cc(Cl)c(F)c(Cl)c3)nc12. The number of rotatable bonds is 2. The van der Waals surface area contributed by atoms with Gasteiger partial charge in [0.15, 0.2) is 11.4 Å². The van der Waals surface area contributed by atoms with Crippen molar-refractivity contribution in [1.82, 2.24) is 4.98 Å². The number of nitrogen functional groups attached to an aromatic ring is 1. The van der Waals surface area contributed by atoms with Crippen LogP contribution in [0.4, 0.5) is 21.8 Å². The first kappa shape index (κ1) is 13.0. The van der Waals surface area contributed by atoms with Crippen LogP contribution in [0.25, 0.3) is 11.1 Å². The summed E-state index contributed by atoms with van der Waals surface area (Å²) in [6.07, 6.45) is 0. The highest BCUT2D eigenvalue weighted by molar-refractivity contribution is 6.35. The van der Waals surface area contributed by atoms with E-state index in [9.17, 15) is 4.39 Å². The Hall–Kier alpha value is -1.98. The minimum atomic E-state index is -0.666. The second-order valence-electron chi connectivity index (χ2n) is 4.09. The van der Waals surface area contributed by atoms with Crippen molar-refractivity contribution >= 4 is 51.7 Å². The highest BCUT2D eigenvalue weighted by Gasteiger charge is 2.11. The third-order valence-corrected chi connectivity index (χ3v) is 3.24. The Labute approximate surface area is 123 Å². The highest BCUT2D eigenvalue weighted by atomic mass is 35.5. The average Bonchev–Trinajstić information content (AvgIpc) is 2.80. The fraction of sp³-hybridized carbons (Fsp3) is 0. The van der Waals surface area contributed by atoms with E-state index in [4.69, 9.17) is 33.4 Å². The number of hydrogen-bond donors (Lipinski definition) is 2. The van der Waals surface area contributed by atoms with Crippen molar-refractivity contribution in [3.8, 4) is 0 Å². The molecule has 3 N–H and O–H groups in total. The van der Waals surface area contributed by atoms with Crippen LogP contribution in [0.2, 0.25) is 10.0 Å². The number of halogens is 3. The van der Waals surface area contributed by atoms with Crippen LogP contribution < -0.4 is 11.1 Å². The van der Waals surface area contributed by atoms with Gasteiger partial charge in [-0.2, -0.15) is 4.98 Å². The molecule has 0 radical (unpaired) electrons. The Kier molecular flexibility index (Phi) is 3.16. The zero-order valence-electron chi connectivity index (χ0n) is 9.95. The molecule has 0 atom stereocenters. The van der Waals surface area contributed by atoms with Crippen molar-refractivity contribution < 1.29 is 8.81 Å². The van der Waals surface area contributed by atoms with Crippen LogP contribution in [0, 0.1) is 5.82 Å². The number of anilines is 3. The average molecular weight is 312 g/mol. The summed E-state index contributed by atoms with van der Waals surface area (Å²) in [4.78, 5) is 4.21. The van der Waals surface area contributed by atoms with Gasteiger partial charge in [-0.15, -0.1) is 0 Å². The molecule has 0 unspecified atom stereocenters. The lowest BCUT2D eigenvalue weighted by Gasteiger charge is -2.04. The minimum absolute atomic E-state index is 0.0874. The van der Waals surface area contributed by atoms with E-state index < -0.39 is 5.82 Å². The van der Waals surface area contributed by atoms with Gasteiger partial charge < -0.3 is 15.5 Å². The molecular weight excluding hydrogens is 304 g/mol. The molecule has 3 rings (SSSR count). The number of benzene rings is 2. The maximum Gasteiger partial charge on any atom is 0.300 e. The molecule has 102 valence electrons. The Morgan fingerprint density at radius 2 is 1.90 bits per heavy atom. The lowest BCUT2D eigenvalue weighted by atomic mass is 10.3. The summed E-state index contributed by atoms with van der Waals surface area (Å²) in [6, 6.07) is 8.23. The molecule has 4 nitrogen and oxygen atoms in total. The van der Waals surface area contributed by atoms with Crippen LogP contribution >= 0.6 is 23.2 Å². The lowest BCUT2D eigenvalue weighted by molar-refractivity contribution is 0.621. The standard InChI is InChI=1S/C13H8Cl2FN3O/c14-7-4-6(5-8(15)11(7)16)18-13-19-12-9(17)2-1-3-10(12)20-13/h1-5H,17H2,(H,18,19). The second kappa shape index (κ2) is 4.85. The minimum Gasteiger partial charge on any atom is -0.423 e. The summed E-state index contributed by atoms with van der Waals surface area (Å²) in [5, 5.41) is 2.69. The first-order chi connectivity index (χ1) is 9.54. The van der Waals surface area contributed by atoms with Crippen LogP contribution in [0.5, 0.6) is 0 Å². The quantitative estimate of drug-likeness (QED) is 0.536. The first-order valence-corrected chi connectivity index (χ1v) is 6.37. The molecule has 0 fully saturated rings. The third-order valence-electron chi connectivity index (χ3n) is 2.69. The van der Waals surface area contributed by atoms with Crippen LogP contribution in [0.3, 0.4) is 0 Å². The van der Waals surface area contributed by atoms with Gasteiger partial charge in [-0.1, -0.05) is 29.3 Å². The van der Waals surface area contributed by atoms with E-state index in [1.165, 1.54) is 12.1 Å². The molecule has 2 aromatic carbocycles. The molecule has 0 aliphatic rings. The smallest absolute Gasteiger partial charge is 0.300 e. The summed E-state index contributed by atoms with van der Waals surface area (Å²) in [7, 11) is 0. The zero-order valence-corrected chi connectivity index (χ0v) is 11.5. The predicted molar refractivity (Wildman–Crippen MR) is 78.1 cm³/mol. The number of nitrogens with two attached hydrogens (primary N) is 1. The van der Waals surface area contributed by atoms with Crippen molar-refractivity contribution in [1.29, 1.82) is 0 Å². The van der Waals surface area contributed by atoms with Crippen molar-refractivity contribution in [2.24, 2.45) is 0 Å². The topological polar surface area (TPSA) is 64.1 Å². The van der Waals surface area contributed by atoms with Crippen molar-refractivity contribution in [2.75, 3.05) is 11.1 Å². The van der Waals surface area contributed by atoms with Crippen molar-refractivity contribution in [3.05, 3.63) is 46.2 Å². The normalized spacial score (nSPS) is 10.9. The molecule has 1 aromatic heterocycles. The molecule has 0 bridgehead atoms. The van der Waals surface area contributed by atoms with E-state index in [1.807, 2.05) is 0 Å². The van der Waals surface area contributed by atoms with Gasteiger partial charge in [0, 0.05) is 5.69 Å². The maximum atomic E-state index is 13.3.